The van der Waals surface area contributed by atoms with Crippen molar-refractivity contribution in [2.45, 2.75) is 6.54 Å². The second-order valence-electron chi connectivity index (χ2n) is 3.95. The van der Waals surface area contributed by atoms with E-state index < -0.39 is 0 Å². The van der Waals surface area contributed by atoms with Crippen LogP contribution in [-0.2, 0) is 6.54 Å². The number of carbonyl (C=O) groups excluding carboxylic acids is 1. The molecule has 0 unspecified atom stereocenters. The molecule has 1 aromatic carbocycles. The summed E-state index contributed by atoms with van der Waals surface area (Å²) in [6, 6.07) is 4.70. The number of carbonyl (C=O) groups is 1. The first-order valence-corrected chi connectivity index (χ1v) is 6.40. The van der Waals surface area contributed by atoms with Crippen LogP contribution in [0.2, 0.25) is 0 Å². The summed E-state index contributed by atoms with van der Waals surface area (Å²) < 4.78 is 2.37. The number of aromatic hydroxyl groups is 1. The highest BCUT2D eigenvalue weighted by atomic mass is 79.9. The van der Waals surface area contributed by atoms with E-state index in [2.05, 4.69) is 26.3 Å². The number of nitrogen functional groups attached to an aromatic ring is 1. The summed E-state index contributed by atoms with van der Waals surface area (Å²) >= 11 is 3.25. The van der Waals surface area contributed by atoms with Gasteiger partial charge in [0.2, 0.25) is 0 Å². The molecule has 0 aliphatic rings. The molecule has 0 aliphatic heterocycles. The first-order valence-electron chi connectivity index (χ1n) is 5.61. The number of phenols is 1. The number of phenolic OH excluding ortho intramolecular Hbond substituents is 1. The first-order chi connectivity index (χ1) is 9.06. The maximum Gasteiger partial charge on any atom is 0.255 e. The van der Waals surface area contributed by atoms with Crippen molar-refractivity contribution in [2.24, 2.45) is 0 Å². The van der Waals surface area contributed by atoms with Crippen molar-refractivity contribution in [3.05, 3.63) is 40.6 Å². The van der Waals surface area contributed by atoms with Crippen molar-refractivity contribution in [1.29, 1.82) is 0 Å². The van der Waals surface area contributed by atoms with Crippen LogP contribution < -0.4 is 11.1 Å². The van der Waals surface area contributed by atoms with Crippen LogP contribution in [-0.4, -0.2) is 27.3 Å². The minimum Gasteiger partial charge on any atom is -0.507 e. The molecule has 100 valence electrons. The van der Waals surface area contributed by atoms with Gasteiger partial charge in [-0.05, 0) is 18.2 Å². The van der Waals surface area contributed by atoms with Gasteiger partial charge in [-0.1, -0.05) is 15.9 Å². The van der Waals surface area contributed by atoms with E-state index in [-0.39, 0.29) is 17.2 Å². The third kappa shape index (κ3) is 3.47. The van der Waals surface area contributed by atoms with Crippen LogP contribution in [0.3, 0.4) is 0 Å². The summed E-state index contributed by atoms with van der Waals surface area (Å²) in [5, 5.41) is 16.3. The largest absolute Gasteiger partial charge is 0.507 e. The highest BCUT2D eigenvalue weighted by Gasteiger charge is 2.10. The summed E-state index contributed by atoms with van der Waals surface area (Å²) in [7, 11) is 0. The van der Waals surface area contributed by atoms with E-state index in [4.69, 9.17) is 5.73 Å². The Morgan fingerprint density at radius 2 is 2.32 bits per heavy atom. The van der Waals surface area contributed by atoms with Crippen LogP contribution in [0.4, 0.5) is 5.69 Å². The van der Waals surface area contributed by atoms with Gasteiger partial charge in [-0.15, -0.1) is 0 Å². The number of halogens is 1. The number of aromatic nitrogens is 2. The number of amides is 1. The molecule has 0 saturated heterocycles. The topological polar surface area (TPSA) is 93.2 Å². The molecule has 0 atom stereocenters. The molecule has 1 aromatic heterocycles. The molecule has 19 heavy (non-hydrogen) atoms. The number of rotatable bonds is 4. The lowest BCUT2D eigenvalue weighted by Crippen LogP contribution is -2.27. The van der Waals surface area contributed by atoms with Gasteiger partial charge in [0.25, 0.3) is 5.91 Å². The van der Waals surface area contributed by atoms with Crippen LogP contribution in [0.15, 0.2) is 35.1 Å². The smallest absolute Gasteiger partial charge is 0.255 e. The minimum absolute atomic E-state index is 0.0518. The SMILES string of the molecule is Nc1cnn(CCNC(=O)c2cc(Br)ccc2O)c1. The molecule has 1 heterocycles. The molecule has 4 N–H and O–H groups in total. The third-order valence-corrected chi connectivity index (χ3v) is 2.98. The number of nitrogens with two attached hydrogens (primary N) is 1. The number of nitrogens with one attached hydrogen (secondary N) is 1. The fourth-order valence-corrected chi connectivity index (χ4v) is 1.93. The van der Waals surface area contributed by atoms with Gasteiger partial charge in [-0.2, -0.15) is 5.10 Å². The molecule has 7 heteroatoms. The maximum atomic E-state index is 11.9. The molecule has 0 aliphatic carbocycles. The van der Waals surface area contributed by atoms with Gasteiger partial charge in [0, 0.05) is 17.2 Å². The van der Waals surface area contributed by atoms with E-state index in [1.807, 2.05) is 0 Å². The molecule has 0 saturated carbocycles. The van der Waals surface area contributed by atoms with Gasteiger partial charge in [0.05, 0.1) is 24.0 Å². The second-order valence-corrected chi connectivity index (χ2v) is 4.87. The zero-order valence-corrected chi connectivity index (χ0v) is 11.6. The fourth-order valence-electron chi connectivity index (χ4n) is 1.57. The minimum atomic E-state index is -0.334. The molecule has 6 nitrogen and oxygen atoms in total. The molecule has 0 radical (unpaired) electrons. The normalized spacial score (nSPS) is 10.4. The number of hydrogen-bond acceptors (Lipinski definition) is 4. The van der Waals surface area contributed by atoms with Crippen molar-refractivity contribution in [3.63, 3.8) is 0 Å². The zero-order chi connectivity index (χ0) is 13.8. The van der Waals surface area contributed by atoms with Crippen molar-refractivity contribution >= 4 is 27.5 Å². The average molecular weight is 325 g/mol. The Kier molecular flexibility index (Phi) is 4.06. The van der Waals surface area contributed by atoms with Crippen LogP contribution in [0.5, 0.6) is 5.75 Å². The Bertz CT molecular complexity index is 597. The van der Waals surface area contributed by atoms with Gasteiger partial charge < -0.3 is 16.2 Å². The summed E-state index contributed by atoms with van der Waals surface area (Å²) in [4.78, 5) is 11.9. The summed E-state index contributed by atoms with van der Waals surface area (Å²) in [5.74, 6) is -0.386. The standard InChI is InChI=1S/C12H13BrN4O2/c13-8-1-2-11(18)10(5-8)12(19)15-3-4-17-7-9(14)6-16-17/h1-2,5-7,18H,3-4,14H2,(H,15,19). The van der Waals surface area contributed by atoms with Crippen LogP contribution in [0.1, 0.15) is 10.4 Å². The number of nitrogens with zero attached hydrogens (tertiary/aromatic N) is 2. The van der Waals surface area contributed by atoms with Crippen LogP contribution >= 0.6 is 15.9 Å². The monoisotopic (exact) mass is 324 g/mol. The number of benzene rings is 1. The van der Waals surface area contributed by atoms with Crippen LogP contribution in [0, 0.1) is 0 Å². The third-order valence-electron chi connectivity index (χ3n) is 2.48. The van der Waals surface area contributed by atoms with E-state index in [9.17, 15) is 9.90 Å². The quantitative estimate of drug-likeness (QED) is 0.791. The highest BCUT2D eigenvalue weighted by molar-refractivity contribution is 9.10. The summed E-state index contributed by atoms with van der Waals surface area (Å²) in [6.07, 6.45) is 3.23. The van der Waals surface area contributed by atoms with Gasteiger partial charge in [-0.25, -0.2) is 0 Å². The second kappa shape index (κ2) is 5.75. The van der Waals surface area contributed by atoms with Crippen molar-refractivity contribution in [1.82, 2.24) is 15.1 Å². The Morgan fingerprint density at radius 1 is 1.53 bits per heavy atom. The number of anilines is 1. The van der Waals surface area contributed by atoms with Gasteiger partial charge >= 0.3 is 0 Å². The Labute approximate surface area is 118 Å². The van der Waals surface area contributed by atoms with Crippen molar-refractivity contribution in [3.8, 4) is 5.75 Å². The lowest BCUT2D eigenvalue weighted by Gasteiger charge is -2.07. The van der Waals surface area contributed by atoms with E-state index in [1.54, 1.807) is 29.2 Å². The van der Waals surface area contributed by atoms with Gasteiger partial charge in [-0.3, -0.25) is 9.48 Å². The average Bonchev–Trinajstić information content (AvgIpc) is 2.78. The Balaban J connectivity index is 1.92. The van der Waals surface area contributed by atoms with Crippen molar-refractivity contribution < 1.29 is 9.90 Å². The Morgan fingerprint density at radius 3 is 3.00 bits per heavy atom. The molecule has 1 amide bonds. The molecule has 0 bridgehead atoms. The highest BCUT2D eigenvalue weighted by Crippen LogP contribution is 2.21. The predicted molar refractivity (Wildman–Crippen MR) is 74.8 cm³/mol. The zero-order valence-electron chi connectivity index (χ0n) is 10.0. The molecular weight excluding hydrogens is 312 g/mol. The van der Waals surface area contributed by atoms with E-state index >= 15 is 0 Å². The van der Waals surface area contributed by atoms with E-state index in [0.29, 0.717) is 18.8 Å². The predicted octanol–water partition coefficient (Wildman–Crippen LogP) is 1.36. The molecule has 2 aromatic rings. The van der Waals surface area contributed by atoms with E-state index in [0.717, 1.165) is 4.47 Å². The summed E-state index contributed by atoms with van der Waals surface area (Å²) in [6.45, 7) is 0.906. The fraction of sp³-hybridized carbons (Fsp3) is 0.167. The lowest BCUT2D eigenvalue weighted by atomic mass is 10.2. The lowest BCUT2D eigenvalue weighted by molar-refractivity contribution is 0.0949. The van der Waals surface area contributed by atoms with Crippen LogP contribution in [0.25, 0.3) is 0 Å². The van der Waals surface area contributed by atoms with Gasteiger partial charge in [0.1, 0.15) is 5.75 Å². The number of hydrogen-bond donors (Lipinski definition) is 3. The Hall–Kier alpha value is -2.02. The summed E-state index contributed by atoms with van der Waals surface area (Å²) in [5.41, 5.74) is 6.34. The van der Waals surface area contributed by atoms with Crippen molar-refractivity contribution in [2.75, 3.05) is 12.3 Å². The molecular formula is C12H13BrN4O2. The van der Waals surface area contributed by atoms with Gasteiger partial charge in [0.15, 0.2) is 0 Å². The molecule has 0 spiro atoms. The molecule has 0 fully saturated rings. The first kappa shape index (κ1) is 13.4. The molecule has 2 rings (SSSR count). The van der Waals surface area contributed by atoms with E-state index in [1.165, 1.54) is 6.07 Å². The maximum absolute atomic E-state index is 11.9.